The number of hydrogen-bond donors (Lipinski definition) is 5. The van der Waals surface area contributed by atoms with Gasteiger partial charge in [0.1, 0.15) is 30.0 Å². The lowest BCUT2D eigenvalue weighted by Gasteiger charge is -2.69. The Balaban J connectivity index is 1.55. The highest BCUT2D eigenvalue weighted by molar-refractivity contribution is 5.89. The van der Waals surface area contributed by atoms with Crippen LogP contribution in [0.3, 0.4) is 0 Å². The first-order valence-electron chi connectivity index (χ1n) is 20.2. The second-order valence-corrected chi connectivity index (χ2v) is 18.4. The molecule has 0 aromatic heterocycles. The van der Waals surface area contributed by atoms with Gasteiger partial charge in [-0.2, -0.15) is 0 Å². The molecular weight excluding hydrogens is 778 g/mol. The van der Waals surface area contributed by atoms with Crippen molar-refractivity contribution in [2.45, 2.75) is 135 Å². The maximum atomic E-state index is 14.3. The van der Waals surface area contributed by atoms with Crippen molar-refractivity contribution < 1.29 is 68.1 Å². The van der Waals surface area contributed by atoms with Gasteiger partial charge in [0.15, 0.2) is 17.8 Å². The highest BCUT2D eigenvalue weighted by atomic mass is 16.6. The van der Waals surface area contributed by atoms with Gasteiger partial charge in [0.05, 0.1) is 30.2 Å². The zero-order chi connectivity index (χ0) is 44.3. The van der Waals surface area contributed by atoms with E-state index in [-0.39, 0.29) is 29.7 Å². The zero-order valence-corrected chi connectivity index (χ0v) is 35.5. The van der Waals surface area contributed by atoms with Crippen molar-refractivity contribution in [3.05, 3.63) is 82.9 Å². The highest BCUT2D eigenvalue weighted by Crippen LogP contribution is 2.65. The first kappa shape index (κ1) is 44.9. The van der Waals surface area contributed by atoms with Gasteiger partial charge in [-0.05, 0) is 35.8 Å². The van der Waals surface area contributed by atoms with Crippen LogP contribution in [0.15, 0.2) is 71.8 Å². The van der Waals surface area contributed by atoms with Crippen molar-refractivity contribution in [1.82, 2.24) is 5.32 Å². The molecule has 326 valence electrons. The maximum Gasteiger partial charge on any atom is 0.338 e. The predicted molar refractivity (Wildman–Crippen MR) is 212 cm³/mol. The van der Waals surface area contributed by atoms with Crippen LogP contribution in [0.2, 0.25) is 0 Å². The molecule has 3 fully saturated rings. The van der Waals surface area contributed by atoms with Crippen LogP contribution >= 0.6 is 0 Å². The van der Waals surface area contributed by atoms with E-state index in [1.54, 1.807) is 90.1 Å². The lowest BCUT2D eigenvalue weighted by atomic mass is 9.44. The minimum atomic E-state index is -2.34. The number of aliphatic hydroxyl groups excluding tert-OH is 3. The van der Waals surface area contributed by atoms with Crippen molar-refractivity contribution in [1.29, 1.82) is 0 Å². The van der Waals surface area contributed by atoms with Gasteiger partial charge < -0.3 is 49.4 Å². The van der Waals surface area contributed by atoms with E-state index in [0.717, 1.165) is 6.92 Å². The Hall–Kier alpha value is -4.67. The van der Waals surface area contributed by atoms with E-state index in [4.69, 9.17) is 23.7 Å². The van der Waals surface area contributed by atoms with Crippen LogP contribution in [0.1, 0.15) is 97.1 Å². The van der Waals surface area contributed by atoms with Crippen molar-refractivity contribution in [3.8, 4) is 0 Å². The number of carbonyl (C=O) groups excluding carboxylic acids is 5. The smallest absolute Gasteiger partial charge is 0.338 e. The number of hydrogen-bond acceptors (Lipinski definition) is 14. The van der Waals surface area contributed by atoms with E-state index in [2.05, 4.69) is 5.32 Å². The largest absolute Gasteiger partial charge is 0.456 e. The number of benzene rings is 2. The van der Waals surface area contributed by atoms with Gasteiger partial charge in [-0.15, -0.1) is 0 Å². The molecular formula is C45H57NO14. The summed E-state index contributed by atoms with van der Waals surface area (Å²) in [4.78, 5) is 67.7. The number of nitrogens with one attached hydrogen (secondary N) is 1. The van der Waals surface area contributed by atoms with Gasteiger partial charge in [0.2, 0.25) is 5.91 Å². The summed E-state index contributed by atoms with van der Waals surface area (Å²) in [6.07, 6.45) is -11.7. The van der Waals surface area contributed by atoms with E-state index >= 15 is 0 Å². The Morgan fingerprint density at radius 1 is 0.883 bits per heavy atom. The Kier molecular flexibility index (Phi) is 12.0. The van der Waals surface area contributed by atoms with E-state index in [1.165, 1.54) is 26.0 Å². The molecule has 0 unspecified atom stereocenters. The fourth-order valence-corrected chi connectivity index (χ4v) is 9.97. The molecule has 15 nitrogen and oxygen atoms in total. The molecule has 2 saturated carbocycles. The number of carbonyl (C=O) groups is 5. The number of amides is 1. The maximum absolute atomic E-state index is 14.3. The number of esters is 4. The summed E-state index contributed by atoms with van der Waals surface area (Å²) in [5, 5.41) is 53.0. The third kappa shape index (κ3) is 7.42. The van der Waals surface area contributed by atoms with Crippen LogP contribution < -0.4 is 5.32 Å². The quantitative estimate of drug-likeness (QED) is 0.139. The first-order chi connectivity index (χ1) is 27.9. The predicted octanol–water partition coefficient (Wildman–Crippen LogP) is 3.26. The molecule has 4 aliphatic rings. The third-order valence-electron chi connectivity index (χ3n) is 13.4. The molecule has 1 aliphatic heterocycles. The molecule has 12 atom stereocenters. The van der Waals surface area contributed by atoms with Crippen molar-refractivity contribution in [2.75, 3.05) is 6.61 Å². The molecule has 1 saturated heterocycles. The lowest BCUT2D eigenvalue weighted by Crippen LogP contribution is -2.82. The average molecular weight is 836 g/mol. The summed E-state index contributed by atoms with van der Waals surface area (Å²) in [7, 11) is 0. The van der Waals surface area contributed by atoms with Gasteiger partial charge in [0.25, 0.3) is 0 Å². The molecule has 0 spiro atoms. The van der Waals surface area contributed by atoms with Crippen LogP contribution in [0, 0.1) is 22.2 Å². The number of ether oxygens (including phenoxy) is 5. The summed E-state index contributed by atoms with van der Waals surface area (Å²) in [5.41, 5.74) is -7.54. The van der Waals surface area contributed by atoms with Crippen molar-refractivity contribution >= 4 is 29.8 Å². The number of aliphatic hydroxyl groups is 4. The van der Waals surface area contributed by atoms with Gasteiger partial charge in [-0.3, -0.25) is 14.4 Å². The second-order valence-electron chi connectivity index (χ2n) is 18.4. The summed E-state index contributed by atoms with van der Waals surface area (Å²) >= 11 is 0. The molecule has 6 rings (SSSR count). The minimum absolute atomic E-state index is 0.0958. The van der Waals surface area contributed by atoms with Crippen LogP contribution in [0.4, 0.5) is 0 Å². The molecule has 5 N–H and O–H groups in total. The molecule has 2 bridgehead atoms. The van der Waals surface area contributed by atoms with E-state index < -0.39 is 118 Å². The molecule has 2 aromatic rings. The number of rotatable bonds is 9. The highest BCUT2D eigenvalue weighted by Gasteiger charge is 2.78. The normalized spacial score (nSPS) is 34.1. The molecule has 15 heteroatoms. The summed E-state index contributed by atoms with van der Waals surface area (Å²) in [6.45, 7) is 13.3. The van der Waals surface area contributed by atoms with E-state index in [9.17, 15) is 44.4 Å². The van der Waals surface area contributed by atoms with Gasteiger partial charge >= 0.3 is 23.9 Å². The summed E-state index contributed by atoms with van der Waals surface area (Å²) < 4.78 is 30.5. The van der Waals surface area contributed by atoms with Crippen LogP contribution in [-0.4, -0.2) is 111 Å². The Morgan fingerprint density at radius 2 is 1.48 bits per heavy atom. The Labute approximate surface area is 349 Å². The molecule has 1 amide bonds. The van der Waals surface area contributed by atoms with Crippen LogP contribution in [0.5, 0.6) is 0 Å². The summed E-state index contributed by atoms with van der Waals surface area (Å²) in [6, 6.07) is 15.0. The van der Waals surface area contributed by atoms with E-state index in [1.807, 2.05) is 0 Å². The van der Waals surface area contributed by atoms with Crippen molar-refractivity contribution in [2.24, 2.45) is 22.2 Å². The fourth-order valence-electron chi connectivity index (χ4n) is 9.97. The zero-order valence-electron chi connectivity index (χ0n) is 35.5. The Bertz CT molecular complexity index is 2030. The standard InChI is InChI=1S/C45H57NO14/c1-23-28(58-39(53)33(50)32(26-16-12-10-13-17-26)46-40(54)41(4,5)6)21-45(55)37(59-38(52)27-18-14-11-15-19-27)35-43(9,29(49)20-30-44(35,22-56-30)60-25(3)48)36(51)34(57-24(2)47)31(23)42(45,7)8/h10-19,28-30,32-37,49-51,55H,20-22H2,1-9H3,(H,46,54)/t28-,29-,30+,32-,33+,34+,35-,36-,37-,43+,44-,45+/m0/s1. The third-order valence-corrected chi connectivity index (χ3v) is 13.4. The topological polar surface area (TPSA) is 224 Å². The van der Waals surface area contributed by atoms with Gasteiger partial charge in [-0.25, -0.2) is 9.59 Å². The average Bonchev–Trinajstić information content (AvgIpc) is 3.17. The van der Waals surface area contributed by atoms with Gasteiger partial charge in [0, 0.05) is 42.9 Å². The van der Waals surface area contributed by atoms with Crippen molar-refractivity contribution in [3.63, 3.8) is 0 Å². The molecule has 60 heavy (non-hydrogen) atoms. The summed E-state index contributed by atoms with van der Waals surface area (Å²) in [5.74, 6) is -5.57. The lowest BCUT2D eigenvalue weighted by molar-refractivity contribution is -0.365. The molecule has 3 aliphatic carbocycles. The Morgan fingerprint density at radius 3 is 2.02 bits per heavy atom. The molecule has 0 radical (unpaired) electrons. The van der Waals surface area contributed by atoms with Crippen LogP contribution in [0.25, 0.3) is 0 Å². The fraction of sp³-hybridized carbons (Fsp3) is 0.578. The van der Waals surface area contributed by atoms with Gasteiger partial charge in [-0.1, -0.05) is 90.1 Å². The number of fused-ring (bicyclic) bond motifs is 5. The SMILES string of the molecule is CC(=O)O[C@@H]1C2=C(C)[C@@H](OC(=O)[C@H](O)[C@@H](NC(=O)C(C)(C)C)c3ccccc3)C[C@@](O)([C@@H](OC(=O)c3ccccc3)[C@@H]3[C@]4(OC(C)=O)CO[C@@H]4C[C@H](O)[C@@]3(C)[C@H]1O)C2(C)C. The minimum Gasteiger partial charge on any atom is -0.456 e. The van der Waals surface area contributed by atoms with E-state index in [0.29, 0.717) is 5.56 Å². The first-order valence-corrected chi connectivity index (χ1v) is 20.2. The molecule has 1 heterocycles. The van der Waals surface area contributed by atoms with Crippen LogP contribution in [-0.2, 0) is 42.9 Å². The monoisotopic (exact) mass is 835 g/mol. The second kappa shape index (κ2) is 16.0. The molecule has 2 aromatic carbocycles.